The number of amides is 2. The van der Waals surface area contributed by atoms with Crippen molar-refractivity contribution in [2.24, 2.45) is 0 Å². The first-order valence-electron chi connectivity index (χ1n) is 11.8. The summed E-state index contributed by atoms with van der Waals surface area (Å²) in [5.41, 5.74) is 0.869. The summed E-state index contributed by atoms with van der Waals surface area (Å²) in [5, 5.41) is 3.14. The number of nitrogens with one attached hydrogen (secondary N) is 1. The molecule has 10 heteroatoms. The van der Waals surface area contributed by atoms with E-state index < -0.39 is 28.5 Å². The number of hydrogen-bond donors (Lipinski definition) is 1. The summed E-state index contributed by atoms with van der Waals surface area (Å²) in [5.74, 6) is -0.870. The number of nitrogens with zero attached hydrogens (tertiary/aromatic N) is 2. The van der Waals surface area contributed by atoms with Crippen LogP contribution < -0.4 is 9.62 Å². The molecule has 0 spiro atoms. The van der Waals surface area contributed by atoms with Crippen molar-refractivity contribution in [2.75, 3.05) is 17.4 Å². The Balaban J connectivity index is 2.08. The van der Waals surface area contributed by atoms with Crippen LogP contribution in [0, 0.1) is 0 Å². The molecule has 0 aliphatic carbocycles. The van der Waals surface area contributed by atoms with Crippen molar-refractivity contribution in [3.8, 4) is 0 Å². The monoisotopic (exact) mass is 561 g/mol. The molecule has 7 nitrogen and oxygen atoms in total. The van der Waals surface area contributed by atoms with Gasteiger partial charge in [0.15, 0.2) is 0 Å². The van der Waals surface area contributed by atoms with Gasteiger partial charge < -0.3 is 10.2 Å². The number of sulfonamides is 1. The van der Waals surface area contributed by atoms with Crippen molar-refractivity contribution < 1.29 is 18.0 Å². The Kier molecular flexibility index (Phi) is 9.97. The largest absolute Gasteiger partial charge is 0.355 e. The van der Waals surface area contributed by atoms with Gasteiger partial charge in [0.1, 0.15) is 12.6 Å². The Hall–Kier alpha value is -3.07. The highest BCUT2D eigenvalue weighted by Gasteiger charge is 2.34. The molecule has 37 heavy (non-hydrogen) atoms. The van der Waals surface area contributed by atoms with Crippen molar-refractivity contribution in [3.05, 3.63) is 94.5 Å². The van der Waals surface area contributed by atoms with E-state index in [9.17, 15) is 18.0 Å². The van der Waals surface area contributed by atoms with Crippen molar-refractivity contribution in [3.63, 3.8) is 0 Å². The van der Waals surface area contributed by atoms with Crippen LogP contribution in [0.4, 0.5) is 5.69 Å². The van der Waals surface area contributed by atoms with E-state index in [2.05, 4.69) is 5.32 Å². The number of anilines is 1. The molecule has 1 atom stereocenters. The quantitative estimate of drug-likeness (QED) is 0.351. The molecule has 0 saturated carbocycles. The van der Waals surface area contributed by atoms with Gasteiger partial charge >= 0.3 is 0 Å². The van der Waals surface area contributed by atoms with Gasteiger partial charge in [-0.05, 0) is 49.2 Å². The van der Waals surface area contributed by atoms with Gasteiger partial charge in [-0.25, -0.2) is 8.42 Å². The number of carbonyl (C=O) groups excluding carboxylic acids is 2. The fourth-order valence-electron chi connectivity index (χ4n) is 3.90. The summed E-state index contributed by atoms with van der Waals surface area (Å²) >= 11 is 12.6. The van der Waals surface area contributed by atoms with Gasteiger partial charge in [-0.15, -0.1) is 0 Å². The third-order valence-electron chi connectivity index (χ3n) is 5.72. The fourth-order valence-corrected chi connectivity index (χ4v) is 5.78. The summed E-state index contributed by atoms with van der Waals surface area (Å²) in [6.45, 7) is 3.54. The molecule has 0 aliphatic rings. The molecular weight excluding hydrogens is 533 g/mol. The van der Waals surface area contributed by atoms with Crippen LogP contribution >= 0.6 is 23.2 Å². The molecule has 0 aliphatic heterocycles. The van der Waals surface area contributed by atoms with Crippen molar-refractivity contribution in [1.29, 1.82) is 0 Å². The number of halogens is 2. The van der Waals surface area contributed by atoms with E-state index in [1.54, 1.807) is 32.0 Å². The minimum Gasteiger partial charge on any atom is -0.355 e. The minimum absolute atomic E-state index is 0.00998. The Morgan fingerprint density at radius 2 is 1.54 bits per heavy atom. The van der Waals surface area contributed by atoms with E-state index in [4.69, 9.17) is 23.2 Å². The molecule has 3 rings (SSSR count). The lowest BCUT2D eigenvalue weighted by Gasteiger charge is -2.33. The van der Waals surface area contributed by atoms with Crippen LogP contribution in [0.1, 0.15) is 25.8 Å². The molecule has 2 amide bonds. The Morgan fingerprint density at radius 3 is 2.14 bits per heavy atom. The first-order valence-corrected chi connectivity index (χ1v) is 14.0. The molecule has 0 aromatic heterocycles. The van der Waals surface area contributed by atoms with Crippen LogP contribution in [-0.4, -0.2) is 44.3 Å². The Bertz CT molecular complexity index is 1320. The van der Waals surface area contributed by atoms with Crippen LogP contribution in [0.25, 0.3) is 0 Å². The standard InChI is InChI=1S/C27H29Cl2N3O4S/c1-3-24(27(34)30-4-2)31(18-20-11-7-5-8-12-20)26(33)19-32(25-17-21(28)15-16-23(25)29)37(35,36)22-13-9-6-10-14-22/h5-17,24H,3-4,18-19H2,1-2H3,(H,30,34)/t24-/m1/s1. The SMILES string of the molecule is CCNC(=O)[C@@H](CC)N(Cc1ccccc1)C(=O)CN(c1cc(Cl)ccc1Cl)S(=O)(=O)c1ccccc1. The summed E-state index contributed by atoms with van der Waals surface area (Å²) in [6, 6.07) is 20.6. The molecule has 196 valence electrons. The second-order valence-electron chi connectivity index (χ2n) is 8.25. The number of hydrogen-bond acceptors (Lipinski definition) is 4. The number of carbonyl (C=O) groups is 2. The molecule has 0 bridgehead atoms. The van der Waals surface area contributed by atoms with Gasteiger partial charge in [-0.3, -0.25) is 13.9 Å². The van der Waals surface area contributed by atoms with Crippen LogP contribution in [0.3, 0.4) is 0 Å². The van der Waals surface area contributed by atoms with Gasteiger partial charge in [0.2, 0.25) is 11.8 Å². The molecule has 0 heterocycles. The van der Waals surface area contributed by atoms with Crippen molar-refractivity contribution in [2.45, 2.75) is 37.8 Å². The normalized spacial score (nSPS) is 12.0. The first kappa shape index (κ1) is 28.5. The molecule has 0 fully saturated rings. The smallest absolute Gasteiger partial charge is 0.264 e. The van der Waals surface area contributed by atoms with Gasteiger partial charge in [0.05, 0.1) is 15.6 Å². The van der Waals surface area contributed by atoms with E-state index in [0.29, 0.717) is 13.0 Å². The first-order chi connectivity index (χ1) is 17.7. The van der Waals surface area contributed by atoms with E-state index >= 15 is 0 Å². The third kappa shape index (κ3) is 7.03. The zero-order valence-corrected chi connectivity index (χ0v) is 22.9. The molecular formula is C27H29Cl2N3O4S. The average Bonchev–Trinajstić information content (AvgIpc) is 2.89. The zero-order chi connectivity index (χ0) is 27.0. The highest BCUT2D eigenvalue weighted by molar-refractivity contribution is 7.92. The summed E-state index contributed by atoms with van der Waals surface area (Å²) in [6.07, 6.45) is 0.341. The maximum atomic E-state index is 13.9. The van der Waals surface area contributed by atoms with E-state index in [0.717, 1.165) is 9.87 Å². The maximum Gasteiger partial charge on any atom is 0.264 e. The summed E-state index contributed by atoms with van der Waals surface area (Å²) < 4.78 is 28.5. The minimum atomic E-state index is -4.22. The summed E-state index contributed by atoms with van der Waals surface area (Å²) in [7, 11) is -4.22. The van der Waals surface area contributed by atoms with Gasteiger partial charge in [0, 0.05) is 18.1 Å². The topological polar surface area (TPSA) is 86.8 Å². The predicted octanol–water partition coefficient (Wildman–Crippen LogP) is 5.13. The Labute approximate surface area is 228 Å². The van der Waals surface area contributed by atoms with Crippen molar-refractivity contribution in [1.82, 2.24) is 10.2 Å². The van der Waals surface area contributed by atoms with Crippen LogP contribution in [0.5, 0.6) is 0 Å². The number of benzene rings is 3. The maximum absolute atomic E-state index is 13.9. The van der Waals surface area contributed by atoms with Gasteiger partial charge in [-0.2, -0.15) is 0 Å². The van der Waals surface area contributed by atoms with Crippen LogP contribution in [-0.2, 0) is 26.2 Å². The molecule has 3 aromatic carbocycles. The molecule has 0 unspecified atom stereocenters. The van der Waals surface area contributed by atoms with Crippen LogP contribution in [0.15, 0.2) is 83.8 Å². The van der Waals surface area contributed by atoms with E-state index in [-0.39, 0.29) is 33.1 Å². The molecule has 0 radical (unpaired) electrons. The number of rotatable bonds is 11. The second-order valence-corrected chi connectivity index (χ2v) is 11.0. The van der Waals surface area contributed by atoms with Gasteiger partial charge in [-0.1, -0.05) is 78.7 Å². The lowest BCUT2D eigenvalue weighted by Crippen LogP contribution is -2.52. The molecule has 1 N–H and O–H groups in total. The second kappa shape index (κ2) is 12.9. The fraction of sp³-hybridized carbons (Fsp3) is 0.259. The molecule has 0 saturated heterocycles. The van der Waals surface area contributed by atoms with Gasteiger partial charge in [0.25, 0.3) is 10.0 Å². The average molecular weight is 563 g/mol. The summed E-state index contributed by atoms with van der Waals surface area (Å²) in [4.78, 5) is 28.2. The lowest BCUT2D eigenvalue weighted by molar-refractivity contribution is -0.140. The number of likely N-dealkylation sites (N-methyl/N-ethyl adjacent to an activating group) is 1. The predicted molar refractivity (Wildman–Crippen MR) is 147 cm³/mol. The van der Waals surface area contributed by atoms with E-state index in [1.165, 1.54) is 35.2 Å². The highest BCUT2D eigenvalue weighted by atomic mass is 35.5. The van der Waals surface area contributed by atoms with E-state index in [1.807, 2.05) is 30.3 Å². The third-order valence-corrected chi connectivity index (χ3v) is 8.05. The highest BCUT2D eigenvalue weighted by Crippen LogP contribution is 2.33. The zero-order valence-electron chi connectivity index (χ0n) is 20.6. The molecule has 3 aromatic rings. The van der Waals surface area contributed by atoms with Crippen molar-refractivity contribution >= 4 is 50.7 Å². The Morgan fingerprint density at radius 1 is 0.919 bits per heavy atom. The van der Waals surface area contributed by atoms with Crippen LogP contribution in [0.2, 0.25) is 10.0 Å². The lowest BCUT2D eigenvalue weighted by atomic mass is 10.1.